The minimum absolute atomic E-state index is 0. The van der Waals surface area contributed by atoms with E-state index >= 15 is 0 Å². The van der Waals surface area contributed by atoms with Gasteiger partial charge in [0.15, 0.2) is 0 Å². The van der Waals surface area contributed by atoms with Gasteiger partial charge in [-0.05, 0) is 85.7 Å². The van der Waals surface area contributed by atoms with Crippen LogP contribution in [0.25, 0.3) is 85.0 Å². The second-order valence-corrected chi connectivity index (χ2v) is 18.2. The summed E-state index contributed by atoms with van der Waals surface area (Å²) in [7, 11) is 0. The molecule has 1 atom stereocenters. The maximum atomic E-state index is 5.28. The molecule has 8 nitrogen and oxygen atoms in total. The number of hydrogen-bond donors (Lipinski definition) is 0. The van der Waals surface area contributed by atoms with Gasteiger partial charge < -0.3 is 29.9 Å². The molecule has 5 heterocycles. The van der Waals surface area contributed by atoms with Gasteiger partial charge in [-0.1, -0.05) is 124 Å². The zero-order chi connectivity index (χ0) is 37.9. The topological polar surface area (TPSA) is 106 Å². The van der Waals surface area contributed by atoms with Crippen molar-refractivity contribution in [3.8, 4) is 45.6 Å². The van der Waals surface area contributed by atoms with Gasteiger partial charge in [0.1, 0.15) is 0 Å². The molecule has 0 saturated heterocycles. The summed E-state index contributed by atoms with van der Waals surface area (Å²) in [5.41, 5.74) is 11.7. The Morgan fingerprint density at radius 2 is 1.07 bits per heavy atom. The van der Waals surface area contributed by atoms with Crippen molar-refractivity contribution >= 4 is 39.4 Å². The van der Waals surface area contributed by atoms with Crippen molar-refractivity contribution in [2.24, 2.45) is 11.3 Å². The Morgan fingerprint density at radius 1 is 0.564 bits per heavy atom. The third kappa shape index (κ3) is 6.31. The Kier molecular flexibility index (Phi) is 8.59. The van der Waals surface area contributed by atoms with Crippen LogP contribution in [0.1, 0.15) is 97.1 Å². The normalized spacial score (nSPS) is 15.1. The van der Waals surface area contributed by atoms with Crippen LogP contribution in [0, 0.1) is 11.3 Å². The summed E-state index contributed by atoms with van der Waals surface area (Å²) >= 11 is 0. The quantitative estimate of drug-likeness (QED) is 0.162. The predicted octanol–water partition coefficient (Wildman–Crippen LogP) is 10.4. The monoisotopic (exact) mass is 769 g/mol. The van der Waals surface area contributed by atoms with Crippen molar-refractivity contribution in [3.63, 3.8) is 0 Å². The molecule has 1 unspecified atom stereocenters. The number of benzene rings is 3. The van der Waals surface area contributed by atoms with E-state index in [2.05, 4.69) is 136 Å². The number of aromatic nitrogens is 8. The zero-order valence-corrected chi connectivity index (χ0v) is 34.3. The van der Waals surface area contributed by atoms with E-state index in [1.807, 2.05) is 0 Å². The van der Waals surface area contributed by atoms with Crippen molar-refractivity contribution in [3.05, 3.63) is 88.5 Å². The SMILES string of the molecule is CCc1ccc2c3nc4nc(nc5[n-]c(nc6nc(nc([n-]3)c2c1)-c1ccc(C(C)(C)C)cc1-6)c1c5CC(C(C)(C)C)C=C1)-c1ccc(C(C)(C)C)cc1-4.[Co+2]. The van der Waals surface area contributed by atoms with Gasteiger partial charge >= 0.3 is 16.8 Å². The predicted molar refractivity (Wildman–Crippen MR) is 219 cm³/mol. The molecular weight excluding hydrogens is 723 g/mol. The zero-order valence-electron chi connectivity index (χ0n) is 33.3. The van der Waals surface area contributed by atoms with Crippen LogP contribution in [0.3, 0.4) is 0 Å². The molecule has 0 N–H and O–H groups in total. The number of fused-ring (bicyclic) bond motifs is 20. The van der Waals surface area contributed by atoms with Gasteiger partial charge in [-0.15, -0.1) is 0 Å². The fourth-order valence-electron chi connectivity index (χ4n) is 7.68. The van der Waals surface area contributed by atoms with E-state index in [-0.39, 0.29) is 33.0 Å². The summed E-state index contributed by atoms with van der Waals surface area (Å²) in [4.78, 5) is 41.6. The van der Waals surface area contributed by atoms with E-state index < -0.39 is 0 Å². The molecule has 1 radical (unpaired) electrons. The Bertz CT molecular complexity index is 2750. The van der Waals surface area contributed by atoms with Crippen LogP contribution in [0.15, 0.2) is 60.7 Å². The summed E-state index contributed by atoms with van der Waals surface area (Å²) < 4.78 is 0. The van der Waals surface area contributed by atoms with Gasteiger partial charge in [-0.3, -0.25) is 0 Å². The van der Waals surface area contributed by atoms with Gasteiger partial charge in [-0.2, -0.15) is 0 Å². The van der Waals surface area contributed by atoms with E-state index in [0.29, 0.717) is 51.8 Å². The largest absolute Gasteiger partial charge is 2.00 e. The Hall–Kier alpha value is -4.99. The number of hydrogen-bond acceptors (Lipinski definition) is 6. The summed E-state index contributed by atoms with van der Waals surface area (Å²) in [6.45, 7) is 22.3. The van der Waals surface area contributed by atoms with Gasteiger partial charge in [0.25, 0.3) is 0 Å². The van der Waals surface area contributed by atoms with Crippen LogP contribution in [-0.4, -0.2) is 29.9 Å². The Labute approximate surface area is 333 Å². The molecule has 279 valence electrons. The first-order valence-corrected chi connectivity index (χ1v) is 19.1. The summed E-state index contributed by atoms with van der Waals surface area (Å²) in [5, 5.41) is 1.85. The van der Waals surface area contributed by atoms with Gasteiger partial charge in [0.2, 0.25) is 0 Å². The fourth-order valence-corrected chi connectivity index (χ4v) is 7.68. The first-order valence-electron chi connectivity index (χ1n) is 19.1. The molecule has 3 aliphatic rings. The second-order valence-electron chi connectivity index (χ2n) is 18.2. The van der Waals surface area contributed by atoms with Crippen LogP contribution in [0.2, 0.25) is 0 Å². The Balaban J connectivity index is 0.00000427. The molecule has 0 spiro atoms. The molecule has 8 bridgehead atoms. The number of allylic oxidation sites excluding steroid dienone is 1. The molecule has 6 aromatic rings. The van der Waals surface area contributed by atoms with Crippen molar-refractivity contribution in [1.29, 1.82) is 0 Å². The molecule has 9 rings (SSSR count). The minimum Gasteiger partial charge on any atom is -0.357 e. The number of aryl methyl sites for hydroxylation is 1. The maximum absolute atomic E-state index is 5.28. The van der Waals surface area contributed by atoms with E-state index in [1.165, 1.54) is 16.7 Å². The smallest absolute Gasteiger partial charge is 0.357 e. The molecule has 3 aromatic heterocycles. The minimum atomic E-state index is -0.0677. The van der Waals surface area contributed by atoms with E-state index in [0.717, 1.165) is 57.0 Å². The Morgan fingerprint density at radius 3 is 1.62 bits per heavy atom. The molecule has 0 fully saturated rings. The average Bonchev–Trinajstić information content (AvgIpc) is 3.84. The van der Waals surface area contributed by atoms with Crippen molar-refractivity contribution in [1.82, 2.24) is 39.9 Å². The molecular formula is C46H46CoN8. The number of nitrogens with zero attached hydrogens (tertiary/aromatic N) is 8. The molecule has 3 aromatic carbocycles. The van der Waals surface area contributed by atoms with Gasteiger partial charge in [0.05, 0.1) is 23.3 Å². The van der Waals surface area contributed by atoms with Crippen LogP contribution in [0.5, 0.6) is 0 Å². The maximum Gasteiger partial charge on any atom is 2.00 e. The molecule has 1 aliphatic carbocycles. The molecule has 55 heavy (non-hydrogen) atoms. The van der Waals surface area contributed by atoms with Gasteiger partial charge in [-0.25, -0.2) is 9.97 Å². The van der Waals surface area contributed by atoms with Gasteiger partial charge in [0, 0.05) is 44.8 Å². The summed E-state index contributed by atoms with van der Waals surface area (Å²) in [6, 6.07) is 19.5. The molecule has 0 saturated carbocycles. The van der Waals surface area contributed by atoms with Crippen LogP contribution in [-0.2, 0) is 40.5 Å². The first kappa shape index (κ1) is 37.0. The molecule has 2 aliphatic heterocycles. The second kappa shape index (κ2) is 12.8. The average molecular weight is 770 g/mol. The van der Waals surface area contributed by atoms with Crippen molar-refractivity contribution in [2.45, 2.75) is 92.9 Å². The first-order chi connectivity index (χ1) is 25.5. The molecule has 0 amide bonds. The summed E-state index contributed by atoms with van der Waals surface area (Å²) in [5.74, 6) is 2.65. The summed E-state index contributed by atoms with van der Waals surface area (Å²) in [6.07, 6.45) is 6.18. The van der Waals surface area contributed by atoms with Crippen molar-refractivity contribution in [2.75, 3.05) is 0 Å². The number of rotatable bonds is 1. The van der Waals surface area contributed by atoms with E-state index in [9.17, 15) is 0 Å². The third-order valence-electron chi connectivity index (χ3n) is 11.3. The fraction of sp³-hybridized carbons (Fsp3) is 0.348. The van der Waals surface area contributed by atoms with Crippen LogP contribution in [0.4, 0.5) is 0 Å². The van der Waals surface area contributed by atoms with Crippen LogP contribution < -0.4 is 9.97 Å². The van der Waals surface area contributed by atoms with E-state index in [4.69, 9.17) is 39.9 Å². The van der Waals surface area contributed by atoms with Crippen LogP contribution >= 0.6 is 0 Å². The third-order valence-corrected chi connectivity index (χ3v) is 11.3. The standard InChI is InChI=1S/C46H46N8.Co/c1-11-24-12-16-28-32(20-24)40-47-36(28)49-41-34-22-26(45(5,6)7)14-18-30(34)38(51-41)53-43-35-23-27(46(8,9)10)15-19-31(35)39(54-43)52-42-33-21-25(44(2,3)4)13-17-29(33)37(48-40)50-42;/h12-22,27H,11,23H2,1-10H3;/q-2;+2. The molecule has 9 heteroatoms. The van der Waals surface area contributed by atoms with Crippen molar-refractivity contribution < 1.29 is 16.8 Å². The van der Waals surface area contributed by atoms with E-state index in [1.54, 1.807) is 0 Å².